The summed E-state index contributed by atoms with van der Waals surface area (Å²) >= 11 is 2.89. The minimum atomic E-state index is 0.0455. The molecular weight excluding hydrogens is 344 g/mol. The number of rotatable bonds is 9. The van der Waals surface area contributed by atoms with Crippen molar-refractivity contribution in [2.24, 2.45) is 0 Å². The number of thioether (sulfide) groups is 1. The van der Waals surface area contributed by atoms with E-state index in [0.717, 1.165) is 33.7 Å². The smallest absolute Gasteiger partial charge is 0.233 e. The lowest BCUT2D eigenvalue weighted by Gasteiger charge is -2.18. The molecule has 1 amide bonds. The monoisotopic (exact) mass is 366 g/mol. The highest BCUT2D eigenvalue weighted by Crippen LogP contribution is 2.26. The summed E-state index contributed by atoms with van der Waals surface area (Å²) in [6.45, 7) is 3.49. The minimum absolute atomic E-state index is 0.0455. The van der Waals surface area contributed by atoms with Gasteiger partial charge in [-0.15, -0.1) is 10.2 Å². The average molecular weight is 367 g/mol. The number of hydrogen-bond acceptors (Lipinski definition) is 7. The fourth-order valence-electron chi connectivity index (χ4n) is 1.98. The van der Waals surface area contributed by atoms with Crippen molar-refractivity contribution in [1.82, 2.24) is 15.1 Å². The van der Waals surface area contributed by atoms with Gasteiger partial charge in [-0.1, -0.05) is 48.2 Å². The molecule has 0 spiro atoms. The quantitative estimate of drug-likeness (QED) is 0.688. The van der Waals surface area contributed by atoms with Crippen molar-refractivity contribution in [2.45, 2.75) is 24.2 Å². The maximum absolute atomic E-state index is 12.3. The lowest BCUT2D eigenvalue weighted by atomic mass is 10.2. The van der Waals surface area contributed by atoms with Crippen LogP contribution in [0.1, 0.15) is 18.9 Å². The van der Waals surface area contributed by atoms with Crippen molar-refractivity contribution in [3.05, 3.63) is 29.8 Å². The van der Waals surface area contributed by atoms with Crippen molar-refractivity contribution < 1.29 is 9.53 Å². The number of nitrogens with zero attached hydrogens (tertiary/aromatic N) is 3. The van der Waals surface area contributed by atoms with Gasteiger partial charge in [0.1, 0.15) is 5.75 Å². The SMILES string of the molecule is CCCNc1nnc(SCC(=O)N(C)Cc2ccccc2OC)s1. The number of carbonyl (C=O) groups excluding carboxylic acids is 1. The van der Waals surface area contributed by atoms with E-state index in [2.05, 4.69) is 22.4 Å². The summed E-state index contributed by atoms with van der Waals surface area (Å²) in [5.41, 5.74) is 0.989. The van der Waals surface area contributed by atoms with E-state index in [-0.39, 0.29) is 5.91 Å². The molecule has 24 heavy (non-hydrogen) atoms. The summed E-state index contributed by atoms with van der Waals surface area (Å²) in [5, 5.41) is 12.1. The van der Waals surface area contributed by atoms with Crippen LogP contribution in [0.4, 0.5) is 5.13 Å². The molecule has 8 heteroatoms. The van der Waals surface area contributed by atoms with Crippen molar-refractivity contribution in [3.63, 3.8) is 0 Å². The third-order valence-corrected chi connectivity index (χ3v) is 5.28. The Labute approximate surface area is 150 Å². The zero-order valence-corrected chi connectivity index (χ0v) is 15.7. The van der Waals surface area contributed by atoms with E-state index in [0.29, 0.717) is 12.3 Å². The van der Waals surface area contributed by atoms with E-state index < -0.39 is 0 Å². The molecule has 0 saturated carbocycles. The number of methoxy groups -OCH3 is 1. The number of carbonyl (C=O) groups is 1. The summed E-state index contributed by atoms with van der Waals surface area (Å²) in [6, 6.07) is 7.72. The van der Waals surface area contributed by atoms with Crippen LogP contribution in [0.15, 0.2) is 28.6 Å². The Morgan fingerprint density at radius 3 is 2.92 bits per heavy atom. The van der Waals surface area contributed by atoms with Gasteiger partial charge in [-0.3, -0.25) is 4.79 Å². The Morgan fingerprint density at radius 1 is 1.38 bits per heavy atom. The summed E-state index contributed by atoms with van der Waals surface area (Å²) in [4.78, 5) is 14.0. The number of benzene rings is 1. The Kier molecular flexibility index (Phi) is 7.33. The van der Waals surface area contributed by atoms with Gasteiger partial charge >= 0.3 is 0 Å². The summed E-state index contributed by atoms with van der Waals surface area (Å²) < 4.78 is 6.12. The van der Waals surface area contributed by atoms with E-state index in [4.69, 9.17) is 4.74 Å². The van der Waals surface area contributed by atoms with Crippen LogP contribution in [0, 0.1) is 0 Å². The van der Waals surface area contributed by atoms with E-state index in [1.165, 1.54) is 23.1 Å². The molecule has 2 rings (SSSR count). The molecule has 1 N–H and O–H groups in total. The highest BCUT2D eigenvalue weighted by molar-refractivity contribution is 8.01. The second-order valence-corrected chi connectivity index (χ2v) is 7.35. The maximum Gasteiger partial charge on any atom is 0.233 e. The van der Waals surface area contributed by atoms with Gasteiger partial charge < -0.3 is 15.0 Å². The molecule has 0 radical (unpaired) electrons. The minimum Gasteiger partial charge on any atom is -0.496 e. The first-order valence-corrected chi connectivity index (χ1v) is 9.50. The second kappa shape index (κ2) is 9.48. The van der Waals surface area contributed by atoms with Crippen molar-refractivity contribution in [1.29, 1.82) is 0 Å². The fourth-order valence-corrected chi connectivity index (χ4v) is 3.70. The van der Waals surface area contributed by atoms with E-state index >= 15 is 0 Å². The standard InChI is InChI=1S/C16H22N4O2S2/c1-4-9-17-15-18-19-16(24-15)23-11-14(21)20(2)10-12-7-5-6-8-13(12)22-3/h5-8H,4,9-11H2,1-3H3,(H,17,18). The van der Waals surface area contributed by atoms with Gasteiger partial charge in [0.15, 0.2) is 4.34 Å². The molecule has 2 aromatic rings. The first-order chi connectivity index (χ1) is 11.6. The van der Waals surface area contributed by atoms with Crippen molar-refractivity contribution in [3.8, 4) is 5.75 Å². The first kappa shape index (κ1) is 18.5. The second-order valence-electron chi connectivity index (χ2n) is 5.15. The lowest BCUT2D eigenvalue weighted by Crippen LogP contribution is -2.27. The predicted octanol–water partition coefficient (Wildman–Crippen LogP) is 3.12. The van der Waals surface area contributed by atoms with Crippen LogP contribution in [0.25, 0.3) is 0 Å². The van der Waals surface area contributed by atoms with E-state index in [9.17, 15) is 4.79 Å². The fraction of sp³-hybridized carbons (Fsp3) is 0.438. The molecule has 1 aromatic carbocycles. The molecule has 0 fully saturated rings. The molecule has 0 aliphatic rings. The predicted molar refractivity (Wildman–Crippen MR) is 98.9 cm³/mol. The van der Waals surface area contributed by atoms with E-state index in [1.54, 1.807) is 19.1 Å². The van der Waals surface area contributed by atoms with Crippen LogP contribution in [0.3, 0.4) is 0 Å². The molecule has 130 valence electrons. The van der Waals surface area contributed by atoms with Crippen LogP contribution in [-0.2, 0) is 11.3 Å². The zero-order chi connectivity index (χ0) is 17.4. The van der Waals surface area contributed by atoms with Gasteiger partial charge in [0, 0.05) is 25.7 Å². The molecule has 1 aromatic heterocycles. The molecule has 1 heterocycles. The number of aromatic nitrogens is 2. The highest BCUT2D eigenvalue weighted by atomic mass is 32.2. The zero-order valence-electron chi connectivity index (χ0n) is 14.1. The third-order valence-electron chi connectivity index (χ3n) is 3.28. The van der Waals surface area contributed by atoms with Gasteiger partial charge in [0.2, 0.25) is 11.0 Å². The van der Waals surface area contributed by atoms with Gasteiger partial charge in [-0.05, 0) is 12.5 Å². The van der Waals surface area contributed by atoms with Gasteiger partial charge in [0.05, 0.1) is 12.9 Å². The van der Waals surface area contributed by atoms with Crippen molar-refractivity contribution in [2.75, 3.05) is 31.8 Å². The first-order valence-electron chi connectivity index (χ1n) is 7.70. The van der Waals surface area contributed by atoms with Crippen LogP contribution < -0.4 is 10.1 Å². The van der Waals surface area contributed by atoms with Crippen LogP contribution in [0.2, 0.25) is 0 Å². The number of hydrogen-bond donors (Lipinski definition) is 1. The molecule has 0 aliphatic heterocycles. The van der Waals surface area contributed by atoms with Gasteiger partial charge in [0.25, 0.3) is 0 Å². The average Bonchev–Trinajstić information content (AvgIpc) is 3.06. The molecule has 0 saturated heterocycles. The largest absolute Gasteiger partial charge is 0.496 e. The third kappa shape index (κ3) is 5.38. The molecule has 0 aliphatic carbocycles. The van der Waals surface area contributed by atoms with E-state index in [1.807, 2.05) is 24.3 Å². The maximum atomic E-state index is 12.3. The Hall–Kier alpha value is -1.80. The number of para-hydroxylation sites is 1. The Balaban J connectivity index is 1.84. The number of nitrogens with one attached hydrogen (secondary N) is 1. The summed E-state index contributed by atoms with van der Waals surface area (Å²) in [6.07, 6.45) is 1.04. The molecule has 0 unspecified atom stereocenters. The van der Waals surface area contributed by atoms with Crippen LogP contribution in [0.5, 0.6) is 5.75 Å². The highest BCUT2D eigenvalue weighted by Gasteiger charge is 2.14. The Morgan fingerprint density at radius 2 is 2.17 bits per heavy atom. The molecule has 0 atom stereocenters. The lowest BCUT2D eigenvalue weighted by molar-refractivity contribution is -0.127. The van der Waals surface area contributed by atoms with Crippen LogP contribution >= 0.6 is 23.1 Å². The summed E-state index contributed by atoms with van der Waals surface area (Å²) in [5.74, 6) is 1.18. The molecule has 6 nitrogen and oxygen atoms in total. The molecular formula is C16H22N4O2S2. The van der Waals surface area contributed by atoms with Crippen molar-refractivity contribution >= 4 is 34.1 Å². The topological polar surface area (TPSA) is 67.4 Å². The van der Waals surface area contributed by atoms with Crippen LogP contribution in [-0.4, -0.2) is 47.5 Å². The normalized spacial score (nSPS) is 10.5. The summed E-state index contributed by atoms with van der Waals surface area (Å²) in [7, 11) is 3.43. The Bertz CT molecular complexity index is 663. The van der Waals surface area contributed by atoms with Gasteiger partial charge in [-0.2, -0.15) is 0 Å². The number of ether oxygens (including phenoxy) is 1. The molecule has 0 bridgehead atoms. The van der Waals surface area contributed by atoms with Gasteiger partial charge in [-0.25, -0.2) is 0 Å². The number of amides is 1. The number of anilines is 1.